The highest BCUT2D eigenvalue weighted by molar-refractivity contribution is 7.89. The minimum Gasteiger partial charge on any atom is -0.381 e. The highest BCUT2D eigenvalue weighted by Gasteiger charge is 2.26. The lowest BCUT2D eigenvalue weighted by Crippen LogP contribution is -2.13. The Morgan fingerprint density at radius 1 is 1.27 bits per heavy atom. The van der Waals surface area contributed by atoms with Gasteiger partial charge in [0.25, 0.3) is 0 Å². The fourth-order valence-electron chi connectivity index (χ4n) is 2.04. The number of hydrogen-bond acceptors (Lipinski definition) is 5. The molecule has 0 bridgehead atoms. The molecule has 2 aromatic rings. The summed E-state index contributed by atoms with van der Waals surface area (Å²) in [5.41, 5.74) is 1.52. The van der Waals surface area contributed by atoms with E-state index in [-0.39, 0.29) is 9.92 Å². The molecule has 116 valence electrons. The third-order valence-corrected chi connectivity index (χ3v) is 4.79. The van der Waals surface area contributed by atoms with Crippen LogP contribution in [-0.4, -0.2) is 18.4 Å². The highest BCUT2D eigenvalue weighted by atomic mass is 35.5. The monoisotopic (exact) mass is 338 g/mol. The van der Waals surface area contributed by atoms with E-state index in [1.165, 1.54) is 25.0 Å². The van der Waals surface area contributed by atoms with Crippen molar-refractivity contribution in [2.75, 3.05) is 5.32 Å². The second-order valence-electron chi connectivity index (χ2n) is 5.27. The van der Waals surface area contributed by atoms with Crippen molar-refractivity contribution in [3.63, 3.8) is 0 Å². The van der Waals surface area contributed by atoms with Gasteiger partial charge in [-0.3, -0.25) is 0 Å². The van der Waals surface area contributed by atoms with Gasteiger partial charge in [-0.2, -0.15) is 0 Å². The minimum atomic E-state index is -3.84. The largest absolute Gasteiger partial charge is 0.381 e. The van der Waals surface area contributed by atoms with Crippen LogP contribution in [0.3, 0.4) is 0 Å². The molecule has 1 fully saturated rings. The van der Waals surface area contributed by atoms with Gasteiger partial charge < -0.3 is 5.32 Å². The normalized spacial score (nSPS) is 14.8. The summed E-state index contributed by atoms with van der Waals surface area (Å²) >= 11 is 5.84. The zero-order chi connectivity index (χ0) is 15.7. The number of nitrogens with two attached hydrogens (primary N) is 1. The number of benzene rings is 1. The number of aromatic nitrogens is 2. The Labute approximate surface area is 133 Å². The highest BCUT2D eigenvalue weighted by Crippen LogP contribution is 2.37. The van der Waals surface area contributed by atoms with Crippen LogP contribution < -0.4 is 10.5 Å². The fourth-order valence-corrected chi connectivity index (χ4v) is 3.12. The van der Waals surface area contributed by atoms with Gasteiger partial charge in [0.15, 0.2) is 0 Å². The van der Waals surface area contributed by atoms with E-state index < -0.39 is 10.0 Å². The van der Waals surface area contributed by atoms with E-state index in [0.29, 0.717) is 18.2 Å². The number of anilines is 1. The Morgan fingerprint density at radius 2 is 1.95 bits per heavy atom. The predicted molar refractivity (Wildman–Crippen MR) is 84.2 cm³/mol. The first-order valence-electron chi connectivity index (χ1n) is 6.80. The van der Waals surface area contributed by atoms with Crippen molar-refractivity contribution in [1.29, 1.82) is 0 Å². The molecule has 8 heteroatoms. The zero-order valence-electron chi connectivity index (χ0n) is 11.7. The van der Waals surface area contributed by atoms with Gasteiger partial charge in [0.2, 0.25) is 10.0 Å². The molecule has 1 saturated carbocycles. The van der Waals surface area contributed by atoms with Crippen molar-refractivity contribution in [3.05, 3.63) is 47.0 Å². The molecule has 1 heterocycles. The second kappa shape index (κ2) is 5.83. The molecule has 0 saturated heterocycles. The average molecular weight is 339 g/mol. The Kier molecular flexibility index (Phi) is 4.03. The van der Waals surface area contributed by atoms with Crippen molar-refractivity contribution in [2.24, 2.45) is 5.14 Å². The summed E-state index contributed by atoms with van der Waals surface area (Å²) in [5, 5.41) is 8.33. The Bertz CT molecular complexity index is 789. The number of hydrogen-bond donors (Lipinski definition) is 2. The zero-order valence-corrected chi connectivity index (χ0v) is 13.2. The second-order valence-corrected chi connectivity index (χ2v) is 7.20. The van der Waals surface area contributed by atoms with E-state index in [4.69, 9.17) is 16.7 Å². The maximum Gasteiger partial charge on any atom is 0.239 e. The Hall–Kier alpha value is -1.70. The van der Waals surface area contributed by atoms with Gasteiger partial charge in [-0.15, -0.1) is 0 Å². The SMILES string of the molecule is NS(=O)(=O)c1cc(NCc2cnc(C3CC3)nc2)ccc1Cl. The molecule has 3 rings (SSSR count). The van der Waals surface area contributed by atoms with Crippen LogP contribution >= 0.6 is 11.6 Å². The smallest absolute Gasteiger partial charge is 0.239 e. The van der Waals surface area contributed by atoms with Gasteiger partial charge in [0, 0.05) is 36.1 Å². The van der Waals surface area contributed by atoms with Crippen molar-refractivity contribution < 1.29 is 8.42 Å². The molecule has 1 aromatic carbocycles. The maximum absolute atomic E-state index is 11.4. The number of halogens is 1. The van der Waals surface area contributed by atoms with Crippen LogP contribution in [0, 0.1) is 0 Å². The van der Waals surface area contributed by atoms with E-state index in [1.807, 2.05) is 0 Å². The molecule has 0 radical (unpaired) electrons. The third kappa shape index (κ3) is 3.55. The summed E-state index contributed by atoms with van der Waals surface area (Å²) in [7, 11) is -3.84. The van der Waals surface area contributed by atoms with Crippen molar-refractivity contribution in [1.82, 2.24) is 9.97 Å². The van der Waals surface area contributed by atoms with Crippen LogP contribution in [0.15, 0.2) is 35.5 Å². The summed E-state index contributed by atoms with van der Waals surface area (Å²) in [6, 6.07) is 4.60. The molecule has 6 nitrogen and oxygen atoms in total. The molecule has 0 unspecified atom stereocenters. The van der Waals surface area contributed by atoms with Crippen LogP contribution in [0.25, 0.3) is 0 Å². The van der Waals surface area contributed by atoms with Gasteiger partial charge in [-0.25, -0.2) is 23.5 Å². The van der Waals surface area contributed by atoms with Crippen LogP contribution in [0.1, 0.15) is 30.1 Å². The quantitative estimate of drug-likeness (QED) is 0.871. The number of nitrogens with zero attached hydrogens (tertiary/aromatic N) is 2. The summed E-state index contributed by atoms with van der Waals surface area (Å²) in [6.45, 7) is 0.483. The van der Waals surface area contributed by atoms with Crippen molar-refractivity contribution in [3.8, 4) is 0 Å². The standard InChI is InChI=1S/C14H15ClN4O2S/c15-12-4-3-11(5-13(12)22(16,20)21)17-6-9-7-18-14(19-8-9)10-1-2-10/h3-5,7-8,10,17H,1-2,6H2,(H2,16,20,21). The summed E-state index contributed by atoms with van der Waals surface area (Å²) in [6.07, 6.45) is 5.89. The molecular formula is C14H15ClN4O2S. The number of sulfonamides is 1. The fraction of sp³-hybridized carbons (Fsp3) is 0.286. The van der Waals surface area contributed by atoms with E-state index in [2.05, 4.69) is 15.3 Å². The maximum atomic E-state index is 11.4. The Balaban J connectivity index is 1.70. The number of primary sulfonamides is 1. The van der Waals surface area contributed by atoms with Crippen LogP contribution in [0.4, 0.5) is 5.69 Å². The predicted octanol–water partition coefficient (Wildman–Crippen LogP) is 2.27. The van der Waals surface area contributed by atoms with Crippen molar-refractivity contribution >= 4 is 27.3 Å². The Morgan fingerprint density at radius 3 is 2.55 bits per heavy atom. The molecule has 1 aromatic heterocycles. The first kappa shape index (κ1) is 15.2. The lowest BCUT2D eigenvalue weighted by Gasteiger charge is -2.09. The molecule has 0 aliphatic heterocycles. The van der Waals surface area contributed by atoms with Crippen LogP contribution in [0.2, 0.25) is 5.02 Å². The molecular weight excluding hydrogens is 324 g/mol. The molecule has 0 atom stereocenters. The van der Waals surface area contributed by atoms with E-state index in [9.17, 15) is 8.42 Å². The topological polar surface area (TPSA) is 98.0 Å². The summed E-state index contributed by atoms with van der Waals surface area (Å²) in [4.78, 5) is 8.57. The molecule has 22 heavy (non-hydrogen) atoms. The summed E-state index contributed by atoms with van der Waals surface area (Å²) in [5.74, 6) is 1.42. The molecule has 0 amide bonds. The number of nitrogens with one attached hydrogen (secondary N) is 1. The van der Waals surface area contributed by atoms with Gasteiger partial charge >= 0.3 is 0 Å². The van der Waals surface area contributed by atoms with E-state index >= 15 is 0 Å². The first-order valence-corrected chi connectivity index (χ1v) is 8.73. The first-order chi connectivity index (χ1) is 10.4. The summed E-state index contributed by atoms with van der Waals surface area (Å²) < 4.78 is 22.9. The minimum absolute atomic E-state index is 0.0977. The molecule has 3 N–H and O–H groups in total. The molecule has 1 aliphatic rings. The van der Waals surface area contributed by atoms with E-state index in [1.54, 1.807) is 18.5 Å². The molecule has 0 spiro atoms. The van der Waals surface area contributed by atoms with Gasteiger partial charge in [0.05, 0.1) is 5.02 Å². The van der Waals surface area contributed by atoms with E-state index in [0.717, 1.165) is 11.4 Å². The number of rotatable bonds is 5. The van der Waals surface area contributed by atoms with Crippen LogP contribution in [0.5, 0.6) is 0 Å². The van der Waals surface area contributed by atoms with Gasteiger partial charge in [-0.05, 0) is 31.0 Å². The van der Waals surface area contributed by atoms with Crippen molar-refractivity contribution in [2.45, 2.75) is 30.2 Å². The molecule has 1 aliphatic carbocycles. The van der Waals surface area contributed by atoms with Gasteiger partial charge in [0.1, 0.15) is 10.7 Å². The third-order valence-electron chi connectivity index (χ3n) is 3.40. The van der Waals surface area contributed by atoms with Crippen LogP contribution in [-0.2, 0) is 16.6 Å². The lowest BCUT2D eigenvalue weighted by atomic mass is 10.3. The lowest BCUT2D eigenvalue weighted by molar-refractivity contribution is 0.598. The average Bonchev–Trinajstić information content (AvgIpc) is 3.30. The van der Waals surface area contributed by atoms with Gasteiger partial charge in [-0.1, -0.05) is 11.6 Å².